The smallest absolute Gasteiger partial charge is 0.0973 e. The molecule has 1 spiro atoms. The van der Waals surface area contributed by atoms with Crippen LogP contribution in [0.3, 0.4) is 0 Å². The van der Waals surface area contributed by atoms with E-state index in [1.165, 1.54) is 10.4 Å². The van der Waals surface area contributed by atoms with E-state index in [1.54, 1.807) is 24.6 Å². The van der Waals surface area contributed by atoms with Crippen LogP contribution in [0.1, 0.15) is 44.1 Å². The maximum Gasteiger partial charge on any atom is 0.0973 e. The second-order valence-corrected chi connectivity index (χ2v) is 9.66. The lowest BCUT2D eigenvalue weighted by Crippen LogP contribution is -2.53. The minimum absolute atomic E-state index is 0.201. The molecular weight excluding hydrogens is 366 g/mol. The van der Waals surface area contributed by atoms with Gasteiger partial charge >= 0.3 is 0 Å². The summed E-state index contributed by atoms with van der Waals surface area (Å²) in [6, 6.07) is 2.55. The summed E-state index contributed by atoms with van der Waals surface area (Å²) in [6.07, 6.45) is 6.73. The van der Waals surface area contributed by atoms with Gasteiger partial charge in [-0.25, -0.2) is 0 Å². The van der Waals surface area contributed by atoms with Crippen LogP contribution < -0.4 is 5.73 Å². The number of fused-ring (bicyclic) bond motifs is 2. The molecule has 3 atom stereocenters. The fourth-order valence-electron chi connectivity index (χ4n) is 4.26. The maximum absolute atomic E-state index is 6.77. The first-order valence-electron chi connectivity index (χ1n) is 9.42. The Labute approximate surface area is 166 Å². The summed E-state index contributed by atoms with van der Waals surface area (Å²) < 4.78 is 7.65. The highest BCUT2D eigenvalue weighted by atomic mass is 35.5. The number of nitrogens with two attached hydrogens (primary N) is 1. The molecule has 144 valence electrons. The van der Waals surface area contributed by atoms with Crippen LogP contribution in [-0.4, -0.2) is 43.4 Å². The number of likely N-dealkylation sites (tertiary alicyclic amines) is 1. The van der Waals surface area contributed by atoms with Gasteiger partial charge in [-0.15, -0.1) is 11.3 Å². The van der Waals surface area contributed by atoms with E-state index >= 15 is 0 Å². The molecule has 2 N–H and O–H groups in total. The van der Waals surface area contributed by atoms with E-state index in [0.717, 1.165) is 42.3 Å². The molecule has 0 aliphatic carbocycles. The Kier molecular flexibility index (Phi) is 6.12. The zero-order chi connectivity index (χ0) is 18.9. The summed E-state index contributed by atoms with van der Waals surface area (Å²) in [5.41, 5.74) is 7.95. The number of nitrogens with zero attached hydrogens (tertiary/aromatic N) is 2. The number of hydrogen-bond acceptors (Lipinski definition) is 5. The molecule has 1 fully saturated rings. The lowest BCUT2D eigenvalue weighted by Gasteiger charge is -2.50. The minimum Gasteiger partial charge on any atom is -0.404 e. The standard InChI is InChI=1S/C20H30ClN3OS/c1-13(2)17-8-18-16(7-19(21)26-18)20(25-17)5-6-24(14(3)9-20)12-15(10-22)11-23-4/h7,10-11,13-14,17H,5-6,8-9,12,22H2,1-4H3/b15-10+,23-11?/t14-,17?,20?/m0/s1. The molecule has 6 heteroatoms. The molecule has 4 nitrogen and oxygen atoms in total. The molecule has 2 aliphatic heterocycles. The van der Waals surface area contributed by atoms with Gasteiger partial charge in [0.2, 0.25) is 0 Å². The van der Waals surface area contributed by atoms with Crippen LogP contribution in [0.25, 0.3) is 0 Å². The van der Waals surface area contributed by atoms with E-state index < -0.39 is 0 Å². The number of ether oxygens (including phenoxy) is 1. The van der Waals surface area contributed by atoms with Crippen molar-refractivity contribution in [1.82, 2.24) is 4.90 Å². The molecule has 0 saturated carbocycles. The summed E-state index contributed by atoms with van der Waals surface area (Å²) in [4.78, 5) is 8.00. The van der Waals surface area contributed by atoms with Gasteiger partial charge in [0.05, 0.1) is 16.0 Å². The van der Waals surface area contributed by atoms with Crippen molar-refractivity contribution in [2.24, 2.45) is 16.6 Å². The molecule has 26 heavy (non-hydrogen) atoms. The quantitative estimate of drug-likeness (QED) is 0.776. The minimum atomic E-state index is -0.201. The van der Waals surface area contributed by atoms with Gasteiger partial charge in [-0.3, -0.25) is 9.89 Å². The van der Waals surface area contributed by atoms with Crippen LogP contribution in [-0.2, 0) is 16.8 Å². The average Bonchev–Trinajstić information content (AvgIpc) is 2.98. The number of thiophene rings is 1. The number of halogens is 1. The third kappa shape index (κ3) is 3.86. The summed E-state index contributed by atoms with van der Waals surface area (Å²) >= 11 is 8.12. The zero-order valence-corrected chi connectivity index (χ0v) is 17.7. The van der Waals surface area contributed by atoms with Crippen LogP contribution >= 0.6 is 22.9 Å². The lowest BCUT2D eigenvalue weighted by molar-refractivity contribution is -0.159. The third-order valence-corrected chi connectivity index (χ3v) is 7.01. The Balaban J connectivity index is 1.83. The first-order valence-corrected chi connectivity index (χ1v) is 10.6. The van der Waals surface area contributed by atoms with Crippen molar-refractivity contribution >= 4 is 29.2 Å². The third-order valence-electron chi connectivity index (χ3n) is 5.72. The van der Waals surface area contributed by atoms with Gasteiger partial charge in [0, 0.05) is 43.7 Å². The zero-order valence-electron chi connectivity index (χ0n) is 16.2. The van der Waals surface area contributed by atoms with E-state index in [2.05, 4.69) is 36.7 Å². The van der Waals surface area contributed by atoms with Gasteiger partial charge in [0.25, 0.3) is 0 Å². The molecule has 3 rings (SSSR count). The average molecular weight is 396 g/mol. The van der Waals surface area contributed by atoms with Gasteiger partial charge in [-0.2, -0.15) is 0 Å². The highest BCUT2D eigenvalue weighted by Crippen LogP contribution is 2.49. The predicted octanol–water partition coefficient (Wildman–Crippen LogP) is 4.22. The number of hydrogen-bond donors (Lipinski definition) is 1. The van der Waals surface area contributed by atoms with Gasteiger partial charge in [-0.1, -0.05) is 25.4 Å². The Hall–Kier alpha value is -0.880. The van der Waals surface area contributed by atoms with Crippen LogP contribution in [0.15, 0.2) is 22.8 Å². The molecule has 2 aliphatic rings. The predicted molar refractivity (Wildman–Crippen MR) is 111 cm³/mol. The Morgan fingerprint density at radius 1 is 1.58 bits per heavy atom. The summed E-state index contributed by atoms with van der Waals surface area (Å²) in [5, 5.41) is 0. The lowest BCUT2D eigenvalue weighted by atomic mass is 9.77. The highest BCUT2D eigenvalue weighted by molar-refractivity contribution is 7.16. The van der Waals surface area contributed by atoms with Crippen LogP contribution in [0, 0.1) is 5.92 Å². The number of piperidine rings is 1. The van der Waals surface area contributed by atoms with E-state index in [9.17, 15) is 0 Å². The van der Waals surface area contributed by atoms with Crippen LogP contribution in [0.4, 0.5) is 0 Å². The SMILES string of the molecule is CN=C/C(=C\N)CN1CCC2(C[C@@H]1C)OC(C(C)C)Cc1sc(Cl)cc12. The molecule has 1 aromatic heterocycles. The van der Waals surface area contributed by atoms with Crippen molar-refractivity contribution in [3.8, 4) is 0 Å². The molecule has 1 aromatic rings. The van der Waals surface area contributed by atoms with Crippen molar-refractivity contribution in [1.29, 1.82) is 0 Å². The molecule has 0 amide bonds. The highest BCUT2D eigenvalue weighted by Gasteiger charge is 2.47. The molecule has 2 unspecified atom stereocenters. The number of aliphatic imine (C=N–C) groups is 1. The normalized spacial score (nSPS) is 30.5. The largest absolute Gasteiger partial charge is 0.404 e. The van der Waals surface area contributed by atoms with E-state index in [4.69, 9.17) is 22.1 Å². The molecule has 0 bridgehead atoms. The molecule has 1 saturated heterocycles. The second kappa shape index (κ2) is 8.01. The molecular formula is C20H30ClN3OS. The van der Waals surface area contributed by atoms with Crippen molar-refractivity contribution in [2.75, 3.05) is 20.1 Å². The van der Waals surface area contributed by atoms with Gasteiger partial charge < -0.3 is 10.5 Å². The van der Waals surface area contributed by atoms with E-state index in [0.29, 0.717) is 12.0 Å². The molecule has 0 radical (unpaired) electrons. The van der Waals surface area contributed by atoms with Crippen molar-refractivity contribution in [3.63, 3.8) is 0 Å². The number of rotatable bonds is 4. The summed E-state index contributed by atoms with van der Waals surface area (Å²) in [6.45, 7) is 8.59. The topological polar surface area (TPSA) is 50.8 Å². The van der Waals surface area contributed by atoms with E-state index in [-0.39, 0.29) is 11.7 Å². The molecule has 3 heterocycles. The van der Waals surface area contributed by atoms with Crippen molar-refractivity contribution in [2.45, 2.75) is 57.8 Å². The van der Waals surface area contributed by atoms with Crippen molar-refractivity contribution in [3.05, 3.63) is 32.6 Å². The monoisotopic (exact) mass is 395 g/mol. The Bertz CT molecular complexity index is 699. The van der Waals surface area contributed by atoms with Crippen LogP contribution in [0.5, 0.6) is 0 Å². The fraction of sp³-hybridized carbons (Fsp3) is 0.650. The van der Waals surface area contributed by atoms with Gasteiger partial charge in [0.15, 0.2) is 0 Å². The molecule has 0 aromatic carbocycles. The van der Waals surface area contributed by atoms with Gasteiger partial charge in [-0.05, 0) is 49.1 Å². The second-order valence-electron chi connectivity index (χ2n) is 7.89. The Morgan fingerprint density at radius 2 is 2.35 bits per heavy atom. The fourth-order valence-corrected chi connectivity index (χ4v) is 5.66. The van der Waals surface area contributed by atoms with Crippen LogP contribution in [0.2, 0.25) is 4.34 Å². The Morgan fingerprint density at radius 3 is 2.96 bits per heavy atom. The first-order chi connectivity index (χ1) is 12.4. The van der Waals surface area contributed by atoms with E-state index in [1.807, 2.05) is 6.21 Å². The maximum atomic E-state index is 6.77. The summed E-state index contributed by atoms with van der Waals surface area (Å²) in [7, 11) is 1.78. The summed E-state index contributed by atoms with van der Waals surface area (Å²) in [5.74, 6) is 0.502. The van der Waals surface area contributed by atoms with Gasteiger partial charge in [0.1, 0.15) is 0 Å². The van der Waals surface area contributed by atoms with Crippen molar-refractivity contribution < 1.29 is 4.74 Å². The first kappa shape index (κ1) is 19.9.